The van der Waals surface area contributed by atoms with E-state index in [1.54, 1.807) is 6.07 Å². The standard InChI is InChI=1S/C24H24O4/c1-17-10-12-18(13-11-17)16-27-21-8-4-6-19(14-21)20-7-5-9-22(15-20)28-24(2,3)23(25)26/h4-15H,16H2,1-3H3,(H,25,26). The van der Waals surface area contributed by atoms with Crippen LogP contribution in [0.1, 0.15) is 25.0 Å². The van der Waals surface area contributed by atoms with Crippen molar-refractivity contribution in [1.29, 1.82) is 0 Å². The molecule has 0 spiro atoms. The largest absolute Gasteiger partial charge is 0.489 e. The number of carboxylic acid groups (broad SMARTS) is 1. The van der Waals surface area contributed by atoms with Crippen LogP contribution in [0.3, 0.4) is 0 Å². The molecule has 0 saturated heterocycles. The van der Waals surface area contributed by atoms with Gasteiger partial charge in [0.15, 0.2) is 5.60 Å². The molecular weight excluding hydrogens is 352 g/mol. The third-order valence-electron chi connectivity index (χ3n) is 4.42. The summed E-state index contributed by atoms with van der Waals surface area (Å²) in [7, 11) is 0. The van der Waals surface area contributed by atoms with Gasteiger partial charge < -0.3 is 14.6 Å². The van der Waals surface area contributed by atoms with E-state index in [9.17, 15) is 9.90 Å². The van der Waals surface area contributed by atoms with Crippen LogP contribution >= 0.6 is 0 Å². The van der Waals surface area contributed by atoms with Crippen LogP contribution in [0, 0.1) is 6.92 Å². The first kappa shape index (κ1) is 19.5. The van der Waals surface area contributed by atoms with Crippen LogP contribution in [0.4, 0.5) is 0 Å². The van der Waals surface area contributed by atoms with Crippen molar-refractivity contribution < 1.29 is 19.4 Å². The Morgan fingerprint density at radius 1 is 0.893 bits per heavy atom. The normalized spacial score (nSPS) is 11.1. The highest BCUT2D eigenvalue weighted by atomic mass is 16.5. The molecule has 0 radical (unpaired) electrons. The SMILES string of the molecule is Cc1ccc(COc2cccc(-c3cccc(OC(C)(C)C(=O)O)c3)c2)cc1. The van der Waals surface area contributed by atoms with E-state index in [-0.39, 0.29) is 0 Å². The first-order valence-electron chi connectivity index (χ1n) is 9.15. The predicted molar refractivity (Wildman–Crippen MR) is 110 cm³/mol. The molecule has 4 heteroatoms. The second-order valence-electron chi connectivity index (χ2n) is 7.25. The van der Waals surface area contributed by atoms with E-state index in [2.05, 4.69) is 31.2 Å². The molecular formula is C24H24O4. The summed E-state index contributed by atoms with van der Waals surface area (Å²) in [6.07, 6.45) is 0. The van der Waals surface area contributed by atoms with E-state index >= 15 is 0 Å². The number of aliphatic carboxylic acids is 1. The third kappa shape index (κ3) is 4.92. The minimum Gasteiger partial charge on any atom is -0.489 e. The zero-order valence-corrected chi connectivity index (χ0v) is 16.3. The van der Waals surface area contributed by atoms with Crippen molar-refractivity contribution in [3.05, 3.63) is 83.9 Å². The van der Waals surface area contributed by atoms with Crippen LogP contribution in [-0.4, -0.2) is 16.7 Å². The summed E-state index contributed by atoms with van der Waals surface area (Å²) in [5.41, 5.74) is 2.94. The van der Waals surface area contributed by atoms with Gasteiger partial charge in [-0.1, -0.05) is 54.1 Å². The second kappa shape index (κ2) is 8.17. The Hall–Kier alpha value is -3.27. The van der Waals surface area contributed by atoms with Crippen molar-refractivity contribution in [2.45, 2.75) is 33.0 Å². The van der Waals surface area contributed by atoms with Gasteiger partial charge in [-0.25, -0.2) is 4.79 Å². The Kier molecular flexibility index (Phi) is 5.69. The monoisotopic (exact) mass is 376 g/mol. The summed E-state index contributed by atoms with van der Waals surface area (Å²) < 4.78 is 11.6. The summed E-state index contributed by atoms with van der Waals surface area (Å²) in [5.74, 6) is 0.274. The molecule has 3 aromatic rings. The Balaban J connectivity index is 1.75. The van der Waals surface area contributed by atoms with E-state index in [1.807, 2.05) is 42.5 Å². The van der Waals surface area contributed by atoms with Crippen LogP contribution in [-0.2, 0) is 11.4 Å². The number of carbonyl (C=O) groups is 1. The van der Waals surface area contributed by atoms with Gasteiger partial charge in [0.2, 0.25) is 0 Å². The van der Waals surface area contributed by atoms with Crippen LogP contribution < -0.4 is 9.47 Å². The summed E-state index contributed by atoms with van der Waals surface area (Å²) in [6, 6.07) is 23.5. The molecule has 0 atom stereocenters. The molecule has 3 rings (SSSR count). The topological polar surface area (TPSA) is 55.8 Å². The van der Waals surface area contributed by atoms with E-state index in [1.165, 1.54) is 19.4 Å². The minimum atomic E-state index is -1.29. The highest BCUT2D eigenvalue weighted by Crippen LogP contribution is 2.29. The highest BCUT2D eigenvalue weighted by Gasteiger charge is 2.29. The number of ether oxygens (including phenoxy) is 2. The minimum absolute atomic E-state index is 0.500. The van der Waals surface area contributed by atoms with Crippen molar-refractivity contribution in [3.8, 4) is 22.6 Å². The molecule has 0 unspecified atom stereocenters. The van der Waals surface area contributed by atoms with Gasteiger partial charge in [-0.3, -0.25) is 0 Å². The molecule has 0 heterocycles. The van der Waals surface area contributed by atoms with Gasteiger partial charge in [0.1, 0.15) is 18.1 Å². The summed E-state index contributed by atoms with van der Waals surface area (Å²) >= 11 is 0. The van der Waals surface area contributed by atoms with Gasteiger partial charge in [-0.2, -0.15) is 0 Å². The number of rotatable bonds is 7. The fraction of sp³-hybridized carbons (Fsp3) is 0.208. The molecule has 1 N–H and O–H groups in total. The lowest BCUT2D eigenvalue weighted by Crippen LogP contribution is -2.37. The molecule has 0 aliphatic rings. The van der Waals surface area contributed by atoms with E-state index < -0.39 is 11.6 Å². The number of aryl methyl sites for hydroxylation is 1. The van der Waals surface area contributed by atoms with Gasteiger partial charge in [-0.15, -0.1) is 0 Å². The van der Waals surface area contributed by atoms with E-state index in [4.69, 9.17) is 9.47 Å². The van der Waals surface area contributed by atoms with Gasteiger partial charge in [0, 0.05) is 0 Å². The maximum atomic E-state index is 11.3. The molecule has 0 aromatic heterocycles. The molecule has 144 valence electrons. The van der Waals surface area contributed by atoms with Crippen LogP contribution in [0.15, 0.2) is 72.8 Å². The number of carboxylic acids is 1. The summed E-state index contributed by atoms with van der Waals surface area (Å²) in [6.45, 7) is 5.62. The van der Waals surface area contributed by atoms with Gasteiger partial charge in [0.25, 0.3) is 0 Å². The molecule has 0 bridgehead atoms. The van der Waals surface area contributed by atoms with Gasteiger partial charge >= 0.3 is 5.97 Å². The van der Waals surface area contributed by atoms with Gasteiger partial charge in [-0.05, 0) is 61.7 Å². The third-order valence-corrected chi connectivity index (χ3v) is 4.42. The van der Waals surface area contributed by atoms with E-state index in [0.29, 0.717) is 12.4 Å². The second-order valence-corrected chi connectivity index (χ2v) is 7.25. The molecule has 3 aromatic carbocycles. The zero-order valence-electron chi connectivity index (χ0n) is 16.3. The van der Waals surface area contributed by atoms with Crippen LogP contribution in [0.5, 0.6) is 11.5 Å². The average Bonchev–Trinajstić information content (AvgIpc) is 2.67. The Morgan fingerprint density at radius 3 is 2.07 bits per heavy atom. The Labute approximate surface area is 165 Å². The molecule has 4 nitrogen and oxygen atoms in total. The number of hydrogen-bond acceptors (Lipinski definition) is 3. The highest BCUT2D eigenvalue weighted by molar-refractivity contribution is 5.77. The van der Waals surface area contributed by atoms with Crippen LogP contribution in [0.25, 0.3) is 11.1 Å². The zero-order chi connectivity index (χ0) is 20.1. The quantitative estimate of drug-likeness (QED) is 0.593. The van der Waals surface area contributed by atoms with Gasteiger partial charge in [0.05, 0.1) is 0 Å². The Bertz CT molecular complexity index is 958. The summed E-state index contributed by atoms with van der Waals surface area (Å²) in [4.78, 5) is 11.3. The summed E-state index contributed by atoms with van der Waals surface area (Å²) in [5, 5.41) is 9.25. The predicted octanol–water partition coefficient (Wildman–Crippen LogP) is 5.48. The molecule has 28 heavy (non-hydrogen) atoms. The van der Waals surface area contributed by atoms with E-state index in [0.717, 1.165) is 22.4 Å². The Morgan fingerprint density at radius 2 is 1.46 bits per heavy atom. The van der Waals surface area contributed by atoms with Crippen LogP contribution in [0.2, 0.25) is 0 Å². The fourth-order valence-corrected chi connectivity index (χ4v) is 2.69. The van der Waals surface area contributed by atoms with Crippen molar-refractivity contribution in [2.24, 2.45) is 0 Å². The molecule has 0 fully saturated rings. The lowest BCUT2D eigenvalue weighted by Gasteiger charge is -2.21. The molecule has 0 amide bonds. The van der Waals surface area contributed by atoms with Crippen molar-refractivity contribution in [1.82, 2.24) is 0 Å². The molecule has 0 aliphatic heterocycles. The maximum Gasteiger partial charge on any atom is 0.347 e. The first-order valence-corrected chi connectivity index (χ1v) is 9.15. The molecule has 0 saturated carbocycles. The van der Waals surface area contributed by atoms with Crippen molar-refractivity contribution in [2.75, 3.05) is 0 Å². The number of hydrogen-bond donors (Lipinski definition) is 1. The lowest BCUT2D eigenvalue weighted by molar-refractivity contribution is -0.152. The number of benzene rings is 3. The smallest absolute Gasteiger partial charge is 0.347 e. The first-order chi connectivity index (χ1) is 13.3. The van der Waals surface area contributed by atoms with Crippen molar-refractivity contribution in [3.63, 3.8) is 0 Å². The fourth-order valence-electron chi connectivity index (χ4n) is 2.69. The maximum absolute atomic E-state index is 11.3. The average molecular weight is 376 g/mol. The molecule has 0 aliphatic carbocycles. The van der Waals surface area contributed by atoms with Crippen molar-refractivity contribution >= 4 is 5.97 Å². The lowest BCUT2D eigenvalue weighted by atomic mass is 10.0.